The van der Waals surface area contributed by atoms with Crippen molar-refractivity contribution >= 4 is 23.1 Å². The van der Waals surface area contributed by atoms with E-state index in [1.54, 1.807) is 0 Å². The third-order valence-electron chi connectivity index (χ3n) is 1.02. The molecule has 0 spiro atoms. The molecule has 0 saturated carbocycles. The summed E-state index contributed by atoms with van der Waals surface area (Å²) in [6.07, 6.45) is 0. The molecule has 1 atom stereocenters. The predicted molar refractivity (Wildman–Crippen MR) is 38.9 cm³/mol. The summed E-state index contributed by atoms with van der Waals surface area (Å²) in [5, 5.41) is 12.2. The molecule has 1 heterocycles. The molecule has 4 nitrogen and oxygen atoms in total. The summed E-state index contributed by atoms with van der Waals surface area (Å²) in [6, 6.07) is -0.508. The molecule has 0 aliphatic carbocycles. The van der Waals surface area contributed by atoms with E-state index in [9.17, 15) is 0 Å². The highest BCUT2D eigenvalue weighted by atomic mass is 35.5. The molecule has 1 aromatic heterocycles. The highest BCUT2D eigenvalue weighted by molar-refractivity contribution is 7.10. The molecule has 0 saturated heterocycles. The highest BCUT2D eigenvalue weighted by Crippen LogP contribution is 2.21. The lowest BCUT2D eigenvalue weighted by Crippen LogP contribution is -2.15. The normalized spacial score (nSPS) is 13.5. The fourth-order valence-corrected chi connectivity index (χ4v) is 1.25. The van der Waals surface area contributed by atoms with E-state index >= 15 is 0 Å². The van der Waals surface area contributed by atoms with Crippen LogP contribution >= 0.6 is 23.1 Å². The Morgan fingerprint density at radius 1 is 1.80 bits per heavy atom. The zero-order valence-corrected chi connectivity index (χ0v) is 6.56. The van der Waals surface area contributed by atoms with Crippen molar-refractivity contribution in [2.45, 2.75) is 6.04 Å². The molecule has 0 aliphatic rings. The first-order valence-corrected chi connectivity index (χ1v) is 3.75. The van der Waals surface area contributed by atoms with Crippen LogP contribution in [0.2, 0.25) is 4.34 Å². The summed E-state index contributed by atoms with van der Waals surface area (Å²) in [5.74, 6) is 0. The minimum absolute atomic E-state index is 0.162. The minimum atomic E-state index is -0.508. The van der Waals surface area contributed by atoms with E-state index in [4.69, 9.17) is 22.4 Å². The van der Waals surface area contributed by atoms with Gasteiger partial charge in [-0.05, 0) is 0 Å². The maximum absolute atomic E-state index is 8.58. The van der Waals surface area contributed by atoms with E-state index in [-0.39, 0.29) is 6.61 Å². The lowest BCUT2D eigenvalue weighted by molar-refractivity contribution is 0.266. The lowest BCUT2D eigenvalue weighted by atomic mass is 10.3. The van der Waals surface area contributed by atoms with Gasteiger partial charge in [-0.3, -0.25) is 0 Å². The third kappa shape index (κ3) is 1.43. The maximum atomic E-state index is 8.58. The second-order valence-corrected chi connectivity index (χ2v) is 3.08. The van der Waals surface area contributed by atoms with Crippen LogP contribution in [0.5, 0.6) is 0 Å². The average molecular weight is 180 g/mol. The van der Waals surface area contributed by atoms with Gasteiger partial charge in [-0.2, -0.15) is 0 Å². The Morgan fingerprint density at radius 3 is 2.90 bits per heavy atom. The first-order chi connectivity index (χ1) is 4.75. The number of nitrogens with two attached hydrogens (primary N) is 1. The fourth-order valence-electron chi connectivity index (χ4n) is 0.493. The average Bonchev–Trinajstić information content (AvgIpc) is 2.34. The largest absolute Gasteiger partial charge is 0.394 e. The van der Waals surface area contributed by atoms with Gasteiger partial charge >= 0.3 is 0 Å². The van der Waals surface area contributed by atoms with Crippen molar-refractivity contribution in [3.63, 3.8) is 0 Å². The summed E-state index contributed by atoms with van der Waals surface area (Å²) in [7, 11) is 0. The second-order valence-electron chi connectivity index (χ2n) is 1.72. The third-order valence-corrected chi connectivity index (χ3v) is 1.95. The van der Waals surface area contributed by atoms with E-state index in [1.165, 1.54) is 0 Å². The fraction of sp³-hybridized carbons (Fsp3) is 0.500. The number of rotatable bonds is 2. The molecule has 0 aliphatic heterocycles. The van der Waals surface area contributed by atoms with Gasteiger partial charge in [0, 0.05) is 11.5 Å². The Kier molecular flexibility index (Phi) is 2.56. The van der Waals surface area contributed by atoms with Crippen molar-refractivity contribution in [2.75, 3.05) is 6.61 Å². The van der Waals surface area contributed by atoms with Crippen molar-refractivity contribution in [3.8, 4) is 0 Å². The van der Waals surface area contributed by atoms with E-state index in [2.05, 4.69) is 9.59 Å². The highest BCUT2D eigenvalue weighted by Gasteiger charge is 2.12. The van der Waals surface area contributed by atoms with Crippen LogP contribution in [-0.4, -0.2) is 21.3 Å². The topological polar surface area (TPSA) is 72.0 Å². The van der Waals surface area contributed by atoms with Crippen LogP contribution < -0.4 is 5.73 Å². The quantitative estimate of drug-likeness (QED) is 0.680. The van der Waals surface area contributed by atoms with Crippen LogP contribution in [0.25, 0.3) is 0 Å². The molecular formula is C4H6ClN3OS. The zero-order valence-electron chi connectivity index (χ0n) is 4.99. The number of aromatic nitrogens is 2. The van der Waals surface area contributed by atoms with Crippen LogP contribution in [0, 0.1) is 0 Å². The van der Waals surface area contributed by atoms with Crippen molar-refractivity contribution in [3.05, 3.63) is 10.0 Å². The number of halogens is 1. The summed E-state index contributed by atoms with van der Waals surface area (Å²) in [4.78, 5) is 0. The van der Waals surface area contributed by atoms with Gasteiger partial charge in [-0.25, -0.2) is 0 Å². The Morgan fingerprint density at radius 2 is 2.50 bits per heavy atom. The Balaban J connectivity index is 2.82. The van der Waals surface area contributed by atoms with E-state index in [0.717, 1.165) is 11.5 Å². The Hall–Kier alpha value is -0.230. The van der Waals surface area contributed by atoms with Gasteiger partial charge in [0.1, 0.15) is 10.0 Å². The molecule has 10 heavy (non-hydrogen) atoms. The number of hydrogen-bond donors (Lipinski definition) is 2. The van der Waals surface area contributed by atoms with Crippen molar-refractivity contribution in [2.24, 2.45) is 5.73 Å². The predicted octanol–water partition coefficient (Wildman–Crippen LogP) is 0.184. The van der Waals surface area contributed by atoms with Gasteiger partial charge in [0.05, 0.1) is 12.6 Å². The van der Waals surface area contributed by atoms with Crippen molar-refractivity contribution < 1.29 is 5.11 Å². The molecule has 0 amide bonds. The van der Waals surface area contributed by atoms with Crippen molar-refractivity contribution in [1.82, 2.24) is 9.59 Å². The molecule has 1 rings (SSSR count). The first kappa shape index (κ1) is 7.87. The van der Waals surface area contributed by atoms with Crippen molar-refractivity contribution in [1.29, 1.82) is 0 Å². The van der Waals surface area contributed by atoms with Gasteiger partial charge in [0.25, 0.3) is 0 Å². The summed E-state index contributed by atoms with van der Waals surface area (Å²) < 4.78 is 4.01. The van der Waals surface area contributed by atoms with Gasteiger partial charge < -0.3 is 10.8 Å². The van der Waals surface area contributed by atoms with Gasteiger partial charge in [-0.15, -0.1) is 5.10 Å². The minimum Gasteiger partial charge on any atom is -0.394 e. The molecular weight excluding hydrogens is 174 g/mol. The number of hydrogen-bond acceptors (Lipinski definition) is 5. The van der Waals surface area contributed by atoms with Crippen LogP contribution in [-0.2, 0) is 0 Å². The van der Waals surface area contributed by atoms with Crippen LogP contribution in [0.3, 0.4) is 0 Å². The Labute approximate surface area is 66.8 Å². The lowest BCUT2D eigenvalue weighted by Gasteiger charge is -2.01. The number of aliphatic hydroxyl groups excluding tert-OH is 1. The molecule has 3 N–H and O–H groups in total. The molecule has 0 radical (unpaired) electrons. The van der Waals surface area contributed by atoms with E-state index in [1.807, 2.05) is 0 Å². The zero-order chi connectivity index (χ0) is 7.56. The molecule has 1 aromatic rings. The SMILES string of the molecule is NC(CO)c1nnsc1Cl. The van der Waals surface area contributed by atoms with Gasteiger partial charge in [0.15, 0.2) is 0 Å². The Bertz CT molecular complexity index is 216. The smallest absolute Gasteiger partial charge is 0.139 e. The monoisotopic (exact) mass is 179 g/mol. The summed E-state index contributed by atoms with van der Waals surface area (Å²) >= 11 is 6.68. The first-order valence-electron chi connectivity index (χ1n) is 2.60. The molecule has 0 bridgehead atoms. The molecule has 0 fully saturated rings. The van der Waals surface area contributed by atoms with Gasteiger partial charge in [0.2, 0.25) is 0 Å². The molecule has 6 heteroatoms. The van der Waals surface area contributed by atoms with Crippen LogP contribution in [0.15, 0.2) is 0 Å². The van der Waals surface area contributed by atoms with Crippen LogP contribution in [0.1, 0.15) is 11.7 Å². The second kappa shape index (κ2) is 3.25. The van der Waals surface area contributed by atoms with Crippen LogP contribution in [0.4, 0.5) is 0 Å². The molecule has 56 valence electrons. The maximum Gasteiger partial charge on any atom is 0.139 e. The standard InChI is InChI=1S/C4H6ClN3OS/c5-4-3(2(6)1-9)7-8-10-4/h2,9H,1,6H2. The van der Waals surface area contributed by atoms with E-state index in [0.29, 0.717) is 10.0 Å². The summed E-state index contributed by atoms with van der Waals surface area (Å²) in [6.45, 7) is -0.162. The summed E-state index contributed by atoms with van der Waals surface area (Å²) in [5.41, 5.74) is 5.88. The number of aliphatic hydroxyl groups is 1. The number of nitrogens with zero attached hydrogens (tertiary/aromatic N) is 2. The molecule has 0 aromatic carbocycles. The molecule has 1 unspecified atom stereocenters. The van der Waals surface area contributed by atoms with Gasteiger partial charge in [-0.1, -0.05) is 16.1 Å². The van der Waals surface area contributed by atoms with E-state index < -0.39 is 6.04 Å².